The van der Waals surface area contributed by atoms with Gasteiger partial charge in [0.25, 0.3) is 0 Å². The van der Waals surface area contributed by atoms with Gasteiger partial charge in [-0.1, -0.05) is 41.4 Å². The molecule has 0 unspecified atom stereocenters. The molecule has 0 aliphatic rings. The molecule has 0 radical (unpaired) electrons. The minimum absolute atomic E-state index is 0.0796. The number of hydrogen-bond acceptors (Lipinski definition) is 6. The highest BCUT2D eigenvalue weighted by molar-refractivity contribution is 6.34. The molecule has 0 amide bonds. The van der Waals surface area contributed by atoms with E-state index in [1.807, 2.05) is 30.3 Å². The lowest BCUT2D eigenvalue weighted by molar-refractivity contribution is 0.296. The summed E-state index contributed by atoms with van der Waals surface area (Å²) in [6.45, 7) is 0.0796. The number of para-hydroxylation sites is 1. The first-order valence-electron chi connectivity index (χ1n) is 7.00. The molecule has 1 aromatic heterocycles. The maximum absolute atomic E-state index is 6.06. The average molecular weight is 362 g/mol. The minimum Gasteiger partial charge on any atom is -0.484 e. The number of ether oxygens (including phenoxy) is 1. The maximum Gasteiger partial charge on any atom is 0.232 e. The van der Waals surface area contributed by atoms with E-state index < -0.39 is 0 Å². The van der Waals surface area contributed by atoms with E-state index in [-0.39, 0.29) is 12.6 Å². The van der Waals surface area contributed by atoms with Gasteiger partial charge in [-0.05, 0) is 24.3 Å². The van der Waals surface area contributed by atoms with E-state index in [2.05, 4.69) is 20.3 Å². The predicted molar refractivity (Wildman–Crippen MR) is 94.8 cm³/mol. The quantitative estimate of drug-likeness (QED) is 0.711. The van der Waals surface area contributed by atoms with Crippen molar-refractivity contribution in [1.29, 1.82) is 0 Å². The van der Waals surface area contributed by atoms with Crippen LogP contribution in [0.3, 0.4) is 0 Å². The van der Waals surface area contributed by atoms with Crippen molar-refractivity contribution in [3.05, 3.63) is 64.4 Å². The summed E-state index contributed by atoms with van der Waals surface area (Å²) in [5.74, 6) is 1.25. The van der Waals surface area contributed by atoms with Crippen molar-refractivity contribution in [3.63, 3.8) is 0 Å². The Morgan fingerprint density at radius 2 is 1.79 bits per heavy atom. The van der Waals surface area contributed by atoms with Gasteiger partial charge in [0.05, 0.1) is 5.02 Å². The van der Waals surface area contributed by atoms with Gasteiger partial charge in [0.1, 0.15) is 12.4 Å². The summed E-state index contributed by atoms with van der Waals surface area (Å²) in [6, 6.07) is 14.5. The molecule has 0 bridgehead atoms. The molecule has 3 rings (SSSR count). The second-order valence-corrected chi connectivity index (χ2v) is 5.63. The van der Waals surface area contributed by atoms with Crippen LogP contribution in [0.25, 0.3) is 0 Å². The lowest BCUT2D eigenvalue weighted by atomic mass is 10.3. The number of nitrogen functional groups attached to an aromatic ring is 1. The molecule has 122 valence electrons. The van der Waals surface area contributed by atoms with Crippen LogP contribution in [0.4, 0.5) is 17.6 Å². The molecule has 0 spiro atoms. The normalized spacial score (nSPS) is 10.4. The molecule has 0 aliphatic carbocycles. The molecule has 3 aromatic rings. The van der Waals surface area contributed by atoms with Gasteiger partial charge in [0.15, 0.2) is 5.82 Å². The molecule has 24 heavy (non-hydrogen) atoms. The Morgan fingerprint density at radius 3 is 2.58 bits per heavy atom. The first kappa shape index (κ1) is 16.3. The Hall–Kier alpha value is -2.57. The molecule has 2 aromatic carbocycles. The lowest BCUT2D eigenvalue weighted by Gasteiger charge is -2.09. The first-order chi connectivity index (χ1) is 11.6. The zero-order chi connectivity index (χ0) is 16.9. The van der Waals surface area contributed by atoms with Gasteiger partial charge in [0, 0.05) is 16.8 Å². The summed E-state index contributed by atoms with van der Waals surface area (Å²) >= 11 is 12.0. The summed E-state index contributed by atoms with van der Waals surface area (Å²) in [5, 5.41) is 4.03. The SMILES string of the molecule is Nc1nc(COc2cc(Cl)ccc2Cl)nc(Nc2ccccc2)n1. The van der Waals surface area contributed by atoms with E-state index in [4.69, 9.17) is 33.7 Å². The van der Waals surface area contributed by atoms with E-state index in [1.54, 1.807) is 18.2 Å². The molecule has 0 fully saturated rings. The molecular weight excluding hydrogens is 349 g/mol. The number of halogens is 2. The van der Waals surface area contributed by atoms with Crippen LogP contribution in [0.2, 0.25) is 10.0 Å². The maximum atomic E-state index is 6.06. The summed E-state index contributed by atoms with van der Waals surface area (Å²) in [5.41, 5.74) is 6.57. The van der Waals surface area contributed by atoms with Crippen LogP contribution in [-0.4, -0.2) is 15.0 Å². The lowest BCUT2D eigenvalue weighted by Crippen LogP contribution is -2.09. The van der Waals surface area contributed by atoms with E-state index in [0.717, 1.165) is 5.69 Å². The highest BCUT2D eigenvalue weighted by Crippen LogP contribution is 2.28. The molecule has 0 atom stereocenters. The van der Waals surface area contributed by atoms with Crippen molar-refractivity contribution in [3.8, 4) is 5.75 Å². The number of nitrogens with one attached hydrogen (secondary N) is 1. The second kappa shape index (κ2) is 7.33. The summed E-state index contributed by atoms with van der Waals surface area (Å²) < 4.78 is 5.61. The van der Waals surface area contributed by atoms with Gasteiger partial charge in [-0.3, -0.25) is 0 Å². The van der Waals surface area contributed by atoms with Gasteiger partial charge >= 0.3 is 0 Å². The van der Waals surface area contributed by atoms with Crippen LogP contribution in [0.15, 0.2) is 48.5 Å². The fraction of sp³-hybridized carbons (Fsp3) is 0.0625. The average Bonchev–Trinajstić information content (AvgIpc) is 2.56. The van der Waals surface area contributed by atoms with Crippen LogP contribution in [-0.2, 0) is 6.61 Å². The molecular formula is C16H13Cl2N5O. The van der Waals surface area contributed by atoms with E-state index in [0.29, 0.717) is 27.6 Å². The molecule has 0 saturated carbocycles. The van der Waals surface area contributed by atoms with Gasteiger partial charge in [-0.15, -0.1) is 0 Å². The molecule has 0 aliphatic heterocycles. The predicted octanol–water partition coefficient (Wildman–Crippen LogP) is 4.08. The monoisotopic (exact) mass is 361 g/mol. The minimum atomic E-state index is 0.0796. The Labute approximate surface area is 148 Å². The largest absolute Gasteiger partial charge is 0.484 e. The van der Waals surface area contributed by atoms with E-state index >= 15 is 0 Å². The third kappa shape index (κ3) is 4.24. The second-order valence-electron chi connectivity index (χ2n) is 4.79. The van der Waals surface area contributed by atoms with Crippen molar-refractivity contribution >= 4 is 40.8 Å². The number of nitrogens with two attached hydrogens (primary N) is 1. The van der Waals surface area contributed by atoms with Crippen LogP contribution >= 0.6 is 23.2 Å². The van der Waals surface area contributed by atoms with Crippen LogP contribution < -0.4 is 15.8 Å². The summed E-state index contributed by atoms with van der Waals surface area (Å²) in [6.07, 6.45) is 0. The number of aromatic nitrogens is 3. The molecule has 3 N–H and O–H groups in total. The number of rotatable bonds is 5. The zero-order valence-electron chi connectivity index (χ0n) is 12.4. The molecule has 8 heteroatoms. The summed E-state index contributed by atoms with van der Waals surface area (Å²) in [4.78, 5) is 12.4. The smallest absolute Gasteiger partial charge is 0.232 e. The topological polar surface area (TPSA) is 86.0 Å². The molecule has 1 heterocycles. The number of benzene rings is 2. The van der Waals surface area contributed by atoms with Gasteiger partial charge < -0.3 is 15.8 Å². The fourth-order valence-corrected chi connectivity index (χ4v) is 2.27. The van der Waals surface area contributed by atoms with Crippen LogP contribution in [0.5, 0.6) is 5.75 Å². The Morgan fingerprint density at radius 1 is 1.00 bits per heavy atom. The van der Waals surface area contributed by atoms with Gasteiger partial charge in [-0.2, -0.15) is 15.0 Å². The number of hydrogen-bond donors (Lipinski definition) is 2. The van der Waals surface area contributed by atoms with E-state index in [1.165, 1.54) is 0 Å². The molecule has 6 nitrogen and oxygen atoms in total. The highest BCUT2D eigenvalue weighted by Gasteiger charge is 2.08. The van der Waals surface area contributed by atoms with Crippen molar-refractivity contribution < 1.29 is 4.74 Å². The number of nitrogens with zero attached hydrogens (tertiary/aromatic N) is 3. The third-order valence-corrected chi connectivity index (χ3v) is 3.53. The first-order valence-corrected chi connectivity index (χ1v) is 7.76. The third-order valence-electron chi connectivity index (χ3n) is 2.98. The fourth-order valence-electron chi connectivity index (χ4n) is 1.94. The van der Waals surface area contributed by atoms with Crippen molar-refractivity contribution in [2.75, 3.05) is 11.1 Å². The van der Waals surface area contributed by atoms with Crippen molar-refractivity contribution in [2.24, 2.45) is 0 Å². The standard InChI is InChI=1S/C16H13Cl2N5O/c17-10-6-7-12(18)13(8-10)24-9-14-21-15(19)23-16(22-14)20-11-4-2-1-3-5-11/h1-8H,9H2,(H3,19,20,21,22,23). The Kier molecular flexibility index (Phi) is 4.98. The zero-order valence-corrected chi connectivity index (χ0v) is 13.9. The van der Waals surface area contributed by atoms with Gasteiger partial charge in [0.2, 0.25) is 11.9 Å². The van der Waals surface area contributed by atoms with Crippen molar-refractivity contribution in [2.45, 2.75) is 6.61 Å². The van der Waals surface area contributed by atoms with Crippen molar-refractivity contribution in [1.82, 2.24) is 15.0 Å². The highest BCUT2D eigenvalue weighted by atomic mass is 35.5. The van der Waals surface area contributed by atoms with Crippen LogP contribution in [0, 0.1) is 0 Å². The summed E-state index contributed by atoms with van der Waals surface area (Å²) in [7, 11) is 0. The van der Waals surface area contributed by atoms with E-state index in [9.17, 15) is 0 Å². The molecule has 0 saturated heterocycles. The Bertz CT molecular complexity index is 845. The van der Waals surface area contributed by atoms with Gasteiger partial charge in [-0.25, -0.2) is 0 Å². The van der Waals surface area contributed by atoms with Crippen LogP contribution in [0.1, 0.15) is 5.82 Å². The number of anilines is 3. The Balaban J connectivity index is 1.75.